The first-order valence-corrected chi connectivity index (χ1v) is 10.3. The number of halogens is 1. The summed E-state index contributed by atoms with van der Waals surface area (Å²) in [5, 5.41) is 6.28. The number of benzene rings is 1. The molecule has 1 heterocycles. The Bertz CT molecular complexity index is 951. The molecule has 2 aromatic rings. The molecule has 0 saturated heterocycles. The molecule has 7 nitrogen and oxygen atoms in total. The van der Waals surface area contributed by atoms with Gasteiger partial charge in [0.1, 0.15) is 0 Å². The first-order valence-electron chi connectivity index (χ1n) is 8.91. The number of hydrogen-bond donors (Lipinski definition) is 2. The summed E-state index contributed by atoms with van der Waals surface area (Å²) < 4.78 is 1.55. The van der Waals surface area contributed by atoms with Crippen LogP contribution in [0.1, 0.15) is 34.6 Å². The molecular formula is C19H25ClN4O3S. The Labute approximate surface area is 173 Å². The van der Waals surface area contributed by atoms with Gasteiger partial charge in [0.2, 0.25) is 5.91 Å². The van der Waals surface area contributed by atoms with Gasteiger partial charge >= 0.3 is 6.03 Å². The van der Waals surface area contributed by atoms with Crippen molar-refractivity contribution in [1.29, 1.82) is 0 Å². The van der Waals surface area contributed by atoms with Crippen LogP contribution in [0.4, 0.5) is 4.79 Å². The summed E-state index contributed by atoms with van der Waals surface area (Å²) in [5.74, 6) is -0.295. The molecule has 0 radical (unpaired) electrons. The quantitative estimate of drug-likeness (QED) is 0.566. The fourth-order valence-corrected chi connectivity index (χ4v) is 3.45. The van der Waals surface area contributed by atoms with Crippen LogP contribution in [0.15, 0.2) is 28.2 Å². The number of thioether (sulfide) groups is 1. The third kappa shape index (κ3) is 6.24. The van der Waals surface area contributed by atoms with Crippen LogP contribution >= 0.6 is 23.4 Å². The van der Waals surface area contributed by atoms with Crippen molar-refractivity contribution in [3.8, 4) is 0 Å². The minimum Gasteiger partial charge on any atom is -0.333 e. The van der Waals surface area contributed by atoms with Crippen LogP contribution in [0.25, 0.3) is 10.9 Å². The van der Waals surface area contributed by atoms with Crippen molar-refractivity contribution in [1.82, 2.24) is 20.2 Å². The van der Waals surface area contributed by atoms with Gasteiger partial charge in [0.05, 0.1) is 16.7 Å². The molecule has 0 saturated carbocycles. The van der Waals surface area contributed by atoms with E-state index in [4.69, 9.17) is 11.6 Å². The molecule has 0 unspecified atom stereocenters. The standard InChI is InChI=1S/C19H25ClN4O3S/c1-11(2)9-24-16(26)13-8-12(20)6-7-14(13)21-18(24)28-10-15(25)22-17(27)23-19(3,4)5/h6-8,11H,9-10H2,1-5H3,(H2,22,23,25,27). The fraction of sp³-hybridized carbons (Fsp3) is 0.474. The van der Waals surface area contributed by atoms with Crippen LogP contribution in [0.2, 0.25) is 5.02 Å². The van der Waals surface area contributed by atoms with E-state index >= 15 is 0 Å². The summed E-state index contributed by atoms with van der Waals surface area (Å²) in [6.07, 6.45) is 0. The highest BCUT2D eigenvalue weighted by Gasteiger charge is 2.18. The highest BCUT2D eigenvalue weighted by Crippen LogP contribution is 2.21. The number of nitrogens with zero attached hydrogens (tertiary/aromatic N) is 2. The number of amides is 3. The molecule has 1 aromatic heterocycles. The molecule has 3 amide bonds. The summed E-state index contributed by atoms with van der Waals surface area (Å²) >= 11 is 7.13. The average molecular weight is 425 g/mol. The van der Waals surface area contributed by atoms with Crippen LogP contribution in [0.3, 0.4) is 0 Å². The number of nitrogens with one attached hydrogen (secondary N) is 2. The summed E-state index contributed by atoms with van der Waals surface area (Å²) in [5.41, 5.74) is -0.131. The number of urea groups is 1. The lowest BCUT2D eigenvalue weighted by Crippen LogP contribution is -2.48. The van der Waals surface area contributed by atoms with E-state index in [1.165, 1.54) is 0 Å². The normalized spacial score (nSPS) is 11.7. The van der Waals surface area contributed by atoms with Gasteiger partial charge in [-0.05, 0) is 44.9 Å². The molecule has 0 aliphatic carbocycles. The van der Waals surface area contributed by atoms with E-state index in [1.54, 1.807) is 22.8 Å². The fourth-order valence-electron chi connectivity index (χ4n) is 2.47. The molecule has 152 valence electrons. The van der Waals surface area contributed by atoms with Crippen LogP contribution in [0.5, 0.6) is 0 Å². The van der Waals surface area contributed by atoms with Crippen molar-refractivity contribution in [3.63, 3.8) is 0 Å². The molecule has 9 heteroatoms. The summed E-state index contributed by atoms with van der Waals surface area (Å²) in [4.78, 5) is 41.4. The number of hydrogen-bond acceptors (Lipinski definition) is 5. The molecule has 0 atom stereocenters. The Kier molecular flexibility index (Phi) is 7.11. The van der Waals surface area contributed by atoms with Crippen molar-refractivity contribution in [2.24, 2.45) is 5.92 Å². The maximum atomic E-state index is 12.9. The third-order valence-corrected chi connectivity index (χ3v) is 4.71. The van der Waals surface area contributed by atoms with E-state index in [0.29, 0.717) is 27.6 Å². The number of imide groups is 1. The van der Waals surface area contributed by atoms with E-state index in [1.807, 2.05) is 34.6 Å². The first kappa shape index (κ1) is 22.2. The van der Waals surface area contributed by atoms with Crippen LogP contribution in [-0.4, -0.2) is 32.8 Å². The predicted octanol–water partition coefficient (Wildman–Crippen LogP) is 3.42. The van der Waals surface area contributed by atoms with Crippen molar-refractivity contribution in [3.05, 3.63) is 33.6 Å². The molecule has 1 aromatic carbocycles. The molecule has 28 heavy (non-hydrogen) atoms. The number of aromatic nitrogens is 2. The van der Waals surface area contributed by atoms with Crippen molar-refractivity contribution >= 4 is 46.2 Å². The van der Waals surface area contributed by atoms with Gasteiger partial charge in [-0.2, -0.15) is 0 Å². The third-order valence-electron chi connectivity index (χ3n) is 3.50. The molecule has 2 N–H and O–H groups in total. The van der Waals surface area contributed by atoms with E-state index in [9.17, 15) is 14.4 Å². The molecule has 0 fully saturated rings. The Morgan fingerprint density at radius 3 is 2.57 bits per heavy atom. The van der Waals surface area contributed by atoms with E-state index in [-0.39, 0.29) is 17.2 Å². The smallest absolute Gasteiger partial charge is 0.321 e. The largest absolute Gasteiger partial charge is 0.333 e. The van der Waals surface area contributed by atoms with Crippen LogP contribution in [0, 0.1) is 5.92 Å². The lowest BCUT2D eigenvalue weighted by molar-refractivity contribution is -0.117. The SMILES string of the molecule is CC(C)Cn1c(SCC(=O)NC(=O)NC(C)(C)C)nc2ccc(Cl)cc2c1=O. The van der Waals surface area contributed by atoms with E-state index in [2.05, 4.69) is 15.6 Å². The summed E-state index contributed by atoms with van der Waals surface area (Å²) in [7, 11) is 0. The molecule has 0 aliphatic rings. The monoisotopic (exact) mass is 424 g/mol. The Morgan fingerprint density at radius 2 is 1.96 bits per heavy atom. The van der Waals surface area contributed by atoms with Gasteiger partial charge in [-0.15, -0.1) is 0 Å². The van der Waals surface area contributed by atoms with E-state index < -0.39 is 17.5 Å². The number of carbonyl (C=O) groups excluding carboxylic acids is 2. The number of rotatable bonds is 5. The lowest BCUT2D eigenvalue weighted by atomic mass is 10.1. The highest BCUT2D eigenvalue weighted by atomic mass is 35.5. The van der Waals surface area contributed by atoms with Gasteiger partial charge in [0.25, 0.3) is 5.56 Å². The molecule has 0 spiro atoms. The minimum atomic E-state index is -0.557. The van der Waals surface area contributed by atoms with Gasteiger partial charge in [0.15, 0.2) is 5.16 Å². The van der Waals surface area contributed by atoms with Crippen molar-refractivity contribution in [2.45, 2.75) is 51.9 Å². The zero-order chi connectivity index (χ0) is 21.1. The van der Waals surface area contributed by atoms with Crippen molar-refractivity contribution in [2.75, 3.05) is 5.75 Å². The second kappa shape index (κ2) is 8.96. The van der Waals surface area contributed by atoms with Crippen LogP contribution < -0.4 is 16.2 Å². The molecule has 2 rings (SSSR count). The van der Waals surface area contributed by atoms with Gasteiger partial charge in [0, 0.05) is 17.1 Å². The molecule has 0 aliphatic heterocycles. The Balaban J connectivity index is 2.23. The van der Waals surface area contributed by atoms with Gasteiger partial charge in [-0.1, -0.05) is 37.2 Å². The second-order valence-corrected chi connectivity index (χ2v) is 9.29. The summed E-state index contributed by atoms with van der Waals surface area (Å²) in [6, 6.07) is 4.39. The Morgan fingerprint density at radius 1 is 1.29 bits per heavy atom. The minimum absolute atomic E-state index is 0.0405. The highest BCUT2D eigenvalue weighted by molar-refractivity contribution is 7.99. The zero-order valence-electron chi connectivity index (χ0n) is 16.6. The maximum Gasteiger partial charge on any atom is 0.321 e. The number of fused-ring (bicyclic) bond motifs is 1. The number of carbonyl (C=O) groups is 2. The predicted molar refractivity (Wildman–Crippen MR) is 113 cm³/mol. The van der Waals surface area contributed by atoms with E-state index in [0.717, 1.165) is 11.8 Å². The van der Waals surface area contributed by atoms with Crippen LogP contribution in [-0.2, 0) is 11.3 Å². The topological polar surface area (TPSA) is 93.1 Å². The zero-order valence-corrected chi connectivity index (χ0v) is 18.2. The van der Waals surface area contributed by atoms with Gasteiger partial charge in [-0.25, -0.2) is 9.78 Å². The van der Waals surface area contributed by atoms with Crippen molar-refractivity contribution < 1.29 is 9.59 Å². The van der Waals surface area contributed by atoms with Gasteiger partial charge < -0.3 is 5.32 Å². The average Bonchev–Trinajstić information content (AvgIpc) is 2.54. The second-order valence-electron chi connectivity index (χ2n) is 7.91. The lowest BCUT2D eigenvalue weighted by Gasteiger charge is -2.20. The summed E-state index contributed by atoms with van der Waals surface area (Å²) in [6.45, 7) is 9.91. The molecular weight excluding hydrogens is 400 g/mol. The first-order chi connectivity index (χ1) is 13.0. The molecule has 0 bridgehead atoms. The maximum absolute atomic E-state index is 12.9. The Hall–Kier alpha value is -2.06. The van der Waals surface area contributed by atoms with Gasteiger partial charge in [-0.3, -0.25) is 19.5 Å².